The Balaban J connectivity index is 1.02. The van der Waals surface area contributed by atoms with Crippen LogP contribution in [0.1, 0.15) is 47.2 Å². The van der Waals surface area contributed by atoms with Crippen LogP contribution < -0.4 is 9.64 Å². The van der Waals surface area contributed by atoms with Crippen LogP contribution in [0.4, 0.5) is 17.1 Å². The number of hydrogen-bond acceptors (Lipinski definition) is 2. The summed E-state index contributed by atoms with van der Waals surface area (Å²) in [4.78, 5) is 2.48. The molecule has 11 aromatic rings. The summed E-state index contributed by atoms with van der Waals surface area (Å²) in [5.41, 5.74) is 25.0. The largest absolute Gasteiger partial charge is 0.456 e. The van der Waals surface area contributed by atoms with Crippen molar-refractivity contribution in [3.8, 4) is 78.3 Å². The summed E-state index contributed by atoms with van der Waals surface area (Å²) in [6.07, 6.45) is 0. The molecule has 1 atom stereocenters. The van der Waals surface area contributed by atoms with Crippen molar-refractivity contribution < 1.29 is 4.74 Å². The first-order valence-electron chi connectivity index (χ1n) is 24.5. The topological polar surface area (TPSA) is 12.5 Å². The summed E-state index contributed by atoms with van der Waals surface area (Å²) in [6.45, 7) is 4.74. The number of hydrogen-bond donors (Lipinski definition) is 0. The third-order valence-electron chi connectivity index (χ3n) is 16.1. The van der Waals surface area contributed by atoms with Gasteiger partial charge in [-0.1, -0.05) is 202 Å². The summed E-state index contributed by atoms with van der Waals surface area (Å²) < 4.78 is 6.83. The molecule has 1 heterocycles. The number of benzene rings is 11. The minimum absolute atomic E-state index is 0.182. The monoisotopic (exact) mass is 891 g/mol. The van der Waals surface area contributed by atoms with Crippen LogP contribution in [-0.4, -0.2) is 0 Å². The Morgan fingerprint density at radius 3 is 1.51 bits per heavy atom. The number of nitrogens with zero attached hydrogens (tertiary/aromatic N) is 1. The van der Waals surface area contributed by atoms with Gasteiger partial charge in [0.15, 0.2) is 0 Å². The number of para-hydroxylation sites is 1. The molecule has 0 bridgehead atoms. The van der Waals surface area contributed by atoms with E-state index in [-0.39, 0.29) is 5.41 Å². The highest BCUT2D eigenvalue weighted by molar-refractivity contribution is 6.07. The first kappa shape index (κ1) is 39.3. The second-order valence-corrected chi connectivity index (χ2v) is 19.9. The van der Waals surface area contributed by atoms with Crippen LogP contribution in [0.15, 0.2) is 237 Å². The average Bonchev–Trinajstić information content (AvgIpc) is 3.73. The van der Waals surface area contributed by atoms with E-state index >= 15 is 0 Å². The number of rotatable bonds is 3. The standard InChI is InChI=1S/C68H45NO/c1-67(2)58-27-13-9-24-52(58)53-35-32-45(41-63(53)67)69(44-34-38-65-57(40-44)50-22-8-6-20-48(50)54-25-12-16-30-64(54)70-65)43-33-37-61-56(39-43)49-21-7-5-19-47(49)51-23-10-14-28-59(51)68(61)60-29-15-11-26-55(60)66-46-18-4-3-17-42(46)31-36-62(66)68/h3-41H,1-2H3. The highest BCUT2D eigenvalue weighted by Crippen LogP contribution is 2.63. The third-order valence-corrected chi connectivity index (χ3v) is 16.1. The molecule has 15 rings (SSSR count). The van der Waals surface area contributed by atoms with E-state index < -0.39 is 5.41 Å². The van der Waals surface area contributed by atoms with Crippen molar-refractivity contribution in [3.05, 3.63) is 270 Å². The van der Waals surface area contributed by atoms with Crippen molar-refractivity contribution in [2.75, 3.05) is 4.90 Å². The van der Waals surface area contributed by atoms with Crippen molar-refractivity contribution in [1.29, 1.82) is 0 Å². The maximum absolute atomic E-state index is 6.83. The van der Waals surface area contributed by atoms with Gasteiger partial charge in [0, 0.05) is 33.6 Å². The van der Waals surface area contributed by atoms with E-state index in [0.29, 0.717) is 0 Å². The lowest BCUT2D eigenvalue weighted by atomic mass is 9.65. The first-order chi connectivity index (χ1) is 34.5. The zero-order chi connectivity index (χ0) is 46.3. The molecule has 0 saturated heterocycles. The lowest BCUT2D eigenvalue weighted by molar-refractivity contribution is 0.488. The molecule has 1 unspecified atom stereocenters. The maximum atomic E-state index is 6.83. The van der Waals surface area contributed by atoms with E-state index in [1.807, 2.05) is 0 Å². The Kier molecular flexibility index (Phi) is 8.08. The summed E-state index contributed by atoms with van der Waals surface area (Å²) in [7, 11) is 0. The van der Waals surface area contributed by atoms with E-state index in [1.165, 1.54) is 88.7 Å². The predicted octanol–water partition coefficient (Wildman–Crippen LogP) is 18.1. The van der Waals surface area contributed by atoms with Crippen LogP contribution in [0.2, 0.25) is 0 Å². The van der Waals surface area contributed by atoms with Gasteiger partial charge in [-0.3, -0.25) is 0 Å². The van der Waals surface area contributed by atoms with Gasteiger partial charge in [-0.2, -0.15) is 0 Å². The molecule has 1 aliphatic heterocycles. The van der Waals surface area contributed by atoms with E-state index in [0.717, 1.165) is 50.8 Å². The van der Waals surface area contributed by atoms with Crippen LogP contribution in [0.3, 0.4) is 0 Å². The molecule has 0 fully saturated rings. The molecule has 0 amide bonds. The fourth-order valence-corrected chi connectivity index (χ4v) is 13.1. The van der Waals surface area contributed by atoms with E-state index in [4.69, 9.17) is 4.74 Å². The minimum Gasteiger partial charge on any atom is -0.456 e. The summed E-state index contributed by atoms with van der Waals surface area (Å²) in [6, 6.07) is 88.4. The van der Waals surface area contributed by atoms with Crippen LogP contribution >= 0.6 is 0 Å². The van der Waals surface area contributed by atoms with E-state index in [9.17, 15) is 0 Å². The molecule has 2 heteroatoms. The predicted molar refractivity (Wildman–Crippen MR) is 289 cm³/mol. The summed E-state index contributed by atoms with van der Waals surface area (Å²) in [5, 5.41) is 2.54. The molecule has 11 aromatic carbocycles. The molecule has 3 aliphatic carbocycles. The SMILES string of the molecule is CC1(C)c2ccccc2-c2ccc(N(c3ccc4c(c3)-c3ccccc3-c3ccccc3O4)c3ccc4c(c3)-c3ccccc3-c3ccccc3C43c4ccccc4-c4c3ccc3ccccc43)cc21. The smallest absolute Gasteiger partial charge is 0.135 e. The van der Waals surface area contributed by atoms with Gasteiger partial charge in [-0.25, -0.2) is 0 Å². The third kappa shape index (κ3) is 5.23. The van der Waals surface area contributed by atoms with Crippen molar-refractivity contribution in [2.24, 2.45) is 0 Å². The van der Waals surface area contributed by atoms with Crippen LogP contribution in [0.5, 0.6) is 11.5 Å². The molecule has 0 saturated carbocycles. The van der Waals surface area contributed by atoms with Crippen LogP contribution in [0, 0.1) is 0 Å². The van der Waals surface area contributed by atoms with Gasteiger partial charge >= 0.3 is 0 Å². The highest BCUT2D eigenvalue weighted by Gasteiger charge is 2.50. The van der Waals surface area contributed by atoms with Crippen molar-refractivity contribution in [1.82, 2.24) is 0 Å². The summed E-state index contributed by atoms with van der Waals surface area (Å²) >= 11 is 0. The molecule has 1 spiro atoms. The molecule has 0 radical (unpaired) electrons. The quantitative estimate of drug-likeness (QED) is 0.175. The average molecular weight is 892 g/mol. The van der Waals surface area contributed by atoms with E-state index in [1.54, 1.807) is 0 Å². The normalized spacial score (nSPS) is 15.6. The molecule has 4 aliphatic rings. The summed E-state index contributed by atoms with van der Waals surface area (Å²) in [5.74, 6) is 1.70. The Morgan fingerprint density at radius 2 is 0.757 bits per heavy atom. The van der Waals surface area contributed by atoms with Crippen molar-refractivity contribution in [3.63, 3.8) is 0 Å². The molecular formula is C68H45NO. The van der Waals surface area contributed by atoms with Gasteiger partial charge in [0.1, 0.15) is 11.5 Å². The van der Waals surface area contributed by atoms with Gasteiger partial charge in [0.05, 0.1) is 5.41 Å². The van der Waals surface area contributed by atoms with Crippen molar-refractivity contribution in [2.45, 2.75) is 24.7 Å². The first-order valence-corrected chi connectivity index (χ1v) is 24.5. The van der Waals surface area contributed by atoms with E-state index in [2.05, 4.69) is 255 Å². The molecule has 70 heavy (non-hydrogen) atoms. The zero-order valence-corrected chi connectivity index (χ0v) is 38.9. The Bertz CT molecular complexity index is 4040. The Hall–Kier alpha value is -8.72. The number of anilines is 3. The number of fused-ring (bicyclic) bond motifs is 22. The second kappa shape index (κ2) is 14.4. The molecule has 328 valence electrons. The molecule has 0 N–H and O–H groups in total. The Labute approximate surface area is 408 Å². The van der Waals surface area contributed by atoms with Crippen LogP contribution in [-0.2, 0) is 10.8 Å². The van der Waals surface area contributed by atoms with Crippen molar-refractivity contribution >= 4 is 27.8 Å². The maximum Gasteiger partial charge on any atom is 0.135 e. The number of ether oxygens (including phenoxy) is 1. The highest BCUT2D eigenvalue weighted by atomic mass is 16.5. The van der Waals surface area contributed by atoms with Gasteiger partial charge in [0.25, 0.3) is 0 Å². The molecule has 2 nitrogen and oxygen atoms in total. The lowest BCUT2D eigenvalue weighted by Crippen LogP contribution is -2.29. The fraction of sp³-hybridized carbons (Fsp3) is 0.0588. The lowest BCUT2D eigenvalue weighted by Gasteiger charge is -2.36. The fourth-order valence-electron chi connectivity index (χ4n) is 13.1. The molecular weight excluding hydrogens is 847 g/mol. The zero-order valence-electron chi connectivity index (χ0n) is 38.9. The van der Waals surface area contributed by atoms with Gasteiger partial charge in [-0.15, -0.1) is 0 Å². The minimum atomic E-state index is -0.603. The Morgan fingerprint density at radius 1 is 0.300 bits per heavy atom. The molecule has 0 aromatic heterocycles. The van der Waals surface area contributed by atoms with Crippen LogP contribution in [0.25, 0.3) is 77.5 Å². The van der Waals surface area contributed by atoms with Gasteiger partial charge < -0.3 is 9.64 Å². The van der Waals surface area contributed by atoms with Gasteiger partial charge in [0.2, 0.25) is 0 Å². The second-order valence-electron chi connectivity index (χ2n) is 19.9. The van der Waals surface area contributed by atoms with Gasteiger partial charge in [-0.05, 0) is 148 Å².